The molecule has 24 heavy (non-hydrogen) atoms. The summed E-state index contributed by atoms with van der Waals surface area (Å²) in [5.74, 6) is 1.47. The number of nitrogens with one attached hydrogen (secondary N) is 1. The summed E-state index contributed by atoms with van der Waals surface area (Å²) in [7, 11) is 0. The van der Waals surface area contributed by atoms with Gasteiger partial charge < -0.3 is 20.5 Å². The molecule has 0 radical (unpaired) electrons. The Bertz CT molecular complexity index is 669. The lowest BCUT2D eigenvalue weighted by atomic mass is 10.1. The van der Waals surface area contributed by atoms with E-state index in [2.05, 4.69) is 5.32 Å². The van der Waals surface area contributed by atoms with Crippen molar-refractivity contribution in [3.05, 3.63) is 53.6 Å². The summed E-state index contributed by atoms with van der Waals surface area (Å²) in [5, 5.41) is 2.84. The Kier molecular flexibility index (Phi) is 6.63. The van der Waals surface area contributed by atoms with E-state index >= 15 is 0 Å². The van der Waals surface area contributed by atoms with Crippen LogP contribution in [0.1, 0.15) is 17.5 Å². The maximum absolute atomic E-state index is 12.0. The minimum Gasteiger partial charge on any atom is -0.493 e. The molecule has 0 spiro atoms. The van der Waals surface area contributed by atoms with Crippen LogP contribution in [0.2, 0.25) is 0 Å². The molecule has 0 aliphatic rings. The summed E-state index contributed by atoms with van der Waals surface area (Å²) < 4.78 is 11.1. The van der Waals surface area contributed by atoms with Crippen molar-refractivity contribution >= 4 is 11.6 Å². The first-order valence-corrected chi connectivity index (χ1v) is 8.01. The lowest BCUT2D eigenvalue weighted by Crippen LogP contribution is -2.15. The maximum Gasteiger partial charge on any atom is 0.227 e. The van der Waals surface area contributed by atoms with Crippen molar-refractivity contribution in [3.63, 3.8) is 0 Å². The van der Waals surface area contributed by atoms with Crippen molar-refractivity contribution in [2.24, 2.45) is 5.73 Å². The first kappa shape index (κ1) is 17.8. The summed E-state index contributed by atoms with van der Waals surface area (Å²) in [6.45, 7) is 5.29. The van der Waals surface area contributed by atoms with Gasteiger partial charge in [-0.05, 0) is 55.3 Å². The highest BCUT2D eigenvalue weighted by Crippen LogP contribution is 2.19. The lowest BCUT2D eigenvalue weighted by molar-refractivity contribution is -0.116. The van der Waals surface area contributed by atoms with Crippen molar-refractivity contribution in [1.82, 2.24) is 0 Å². The van der Waals surface area contributed by atoms with Crippen LogP contribution in [0, 0.1) is 13.8 Å². The number of hydrogen-bond acceptors (Lipinski definition) is 4. The maximum atomic E-state index is 12.0. The van der Waals surface area contributed by atoms with Crippen LogP contribution in [0.25, 0.3) is 0 Å². The second kappa shape index (κ2) is 8.93. The highest BCUT2D eigenvalue weighted by molar-refractivity contribution is 5.90. The Morgan fingerprint density at radius 1 is 1.04 bits per heavy atom. The van der Waals surface area contributed by atoms with Crippen molar-refractivity contribution < 1.29 is 14.3 Å². The Hall–Kier alpha value is -2.53. The van der Waals surface area contributed by atoms with Crippen molar-refractivity contribution in [2.45, 2.75) is 20.3 Å². The number of carbonyl (C=O) groups is 1. The second-order valence-electron chi connectivity index (χ2n) is 5.58. The Morgan fingerprint density at radius 3 is 2.50 bits per heavy atom. The van der Waals surface area contributed by atoms with Gasteiger partial charge in [0.15, 0.2) is 0 Å². The third-order valence-electron chi connectivity index (χ3n) is 3.45. The third-order valence-corrected chi connectivity index (χ3v) is 3.45. The van der Waals surface area contributed by atoms with Crippen molar-refractivity contribution in [1.29, 1.82) is 0 Å². The Morgan fingerprint density at radius 2 is 1.79 bits per heavy atom. The fraction of sp³-hybridized carbons (Fsp3) is 0.316. The average molecular weight is 328 g/mol. The van der Waals surface area contributed by atoms with Crippen LogP contribution in [0.3, 0.4) is 0 Å². The molecule has 0 bridgehead atoms. The van der Waals surface area contributed by atoms with Gasteiger partial charge in [-0.2, -0.15) is 0 Å². The molecule has 1 amide bonds. The van der Waals surface area contributed by atoms with Gasteiger partial charge in [0.2, 0.25) is 5.91 Å². The molecule has 0 aromatic heterocycles. The molecule has 0 unspecified atom stereocenters. The zero-order chi connectivity index (χ0) is 17.4. The van der Waals surface area contributed by atoms with E-state index in [0.29, 0.717) is 26.2 Å². The molecule has 2 rings (SSSR count). The fourth-order valence-corrected chi connectivity index (χ4v) is 2.15. The minimum atomic E-state index is -0.0871. The van der Waals surface area contributed by atoms with E-state index in [1.165, 1.54) is 0 Å². The topological polar surface area (TPSA) is 73.6 Å². The van der Waals surface area contributed by atoms with E-state index in [1.54, 1.807) is 24.3 Å². The van der Waals surface area contributed by atoms with E-state index in [1.807, 2.05) is 32.0 Å². The third kappa shape index (κ3) is 5.59. The normalized spacial score (nSPS) is 10.3. The van der Waals surface area contributed by atoms with Gasteiger partial charge in [0.05, 0.1) is 13.0 Å². The molecule has 0 aliphatic carbocycles. The Labute approximate surface area is 142 Å². The monoisotopic (exact) mass is 328 g/mol. The van der Waals surface area contributed by atoms with Gasteiger partial charge in [-0.25, -0.2) is 0 Å². The lowest BCUT2D eigenvalue weighted by Gasteiger charge is -2.10. The van der Waals surface area contributed by atoms with Gasteiger partial charge in [0.25, 0.3) is 0 Å². The Balaban J connectivity index is 1.77. The van der Waals surface area contributed by atoms with Gasteiger partial charge in [0.1, 0.15) is 18.1 Å². The molecular weight excluding hydrogens is 304 g/mol. The molecule has 0 atom stereocenters. The summed E-state index contributed by atoms with van der Waals surface area (Å²) in [5.41, 5.74) is 8.31. The molecule has 0 heterocycles. The van der Waals surface area contributed by atoms with Gasteiger partial charge >= 0.3 is 0 Å². The number of benzene rings is 2. The summed E-state index contributed by atoms with van der Waals surface area (Å²) in [4.78, 5) is 12.0. The van der Waals surface area contributed by atoms with E-state index in [9.17, 15) is 4.79 Å². The molecule has 5 nitrogen and oxygen atoms in total. The number of anilines is 1. The van der Waals surface area contributed by atoms with Crippen LogP contribution in [-0.4, -0.2) is 25.7 Å². The minimum absolute atomic E-state index is 0.0871. The van der Waals surface area contributed by atoms with E-state index in [0.717, 1.165) is 28.3 Å². The van der Waals surface area contributed by atoms with Crippen LogP contribution in [0.4, 0.5) is 5.69 Å². The number of ether oxygens (including phenoxy) is 2. The second-order valence-corrected chi connectivity index (χ2v) is 5.58. The van der Waals surface area contributed by atoms with Crippen LogP contribution in [-0.2, 0) is 4.79 Å². The zero-order valence-electron chi connectivity index (χ0n) is 14.2. The average Bonchev–Trinajstić information content (AvgIpc) is 2.57. The first-order chi connectivity index (χ1) is 11.6. The van der Waals surface area contributed by atoms with Crippen LogP contribution in [0.5, 0.6) is 11.5 Å². The quantitative estimate of drug-likeness (QED) is 0.781. The largest absolute Gasteiger partial charge is 0.493 e. The SMILES string of the molecule is Cc1ccc(C)c(OCCC(=O)Nc2ccc(OCCN)cc2)c1. The molecule has 2 aromatic rings. The molecular formula is C19H24N2O3. The molecule has 0 saturated heterocycles. The van der Waals surface area contributed by atoms with Crippen LogP contribution in [0.15, 0.2) is 42.5 Å². The first-order valence-electron chi connectivity index (χ1n) is 8.01. The standard InChI is InChI=1S/C19H24N2O3/c1-14-3-4-15(2)18(13-14)24-11-9-19(22)21-16-5-7-17(8-6-16)23-12-10-20/h3-8,13H,9-12,20H2,1-2H3,(H,21,22). The highest BCUT2D eigenvalue weighted by atomic mass is 16.5. The fourth-order valence-electron chi connectivity index (χ4n) is 2.15. The summed E-state index contributed by atoms with van der Waals surface area (Å²) in [6.07, 6.45) is 0.290. The molecule has 0 fully saturated rings. The van der Waals surface area contributed by atoms with Crippen LogP contribution >= 0.6 is 0 Å². The number of aryl methyl sites for hydroxylation is 2. The number of carbonyl (C=O) groups excluding carboxylic acids is 1. The smallest absolute Gasteiger partial charge is 0.227 e. The molecule has 0 saturated carbocycles. The zero-order valence-corrected chi connectivity index (χ0v) is 14.2. The van der Waals surface area contributed by atoms with Gasteiger partial charge in [-0.15, -0.1) is 0 Å². The van der Waals surface area contributed by atoms with Gasteiger partial charge in [-0.3, -0.25) is 4.79 Å². The van der Waals surface area contributed by atoms with E-state index in [-0.39, 0.29) is 5.91 Å². The number of amides is 1. The number of nitrogens with two attached hydrogens (primary N) is 1. The number of hydrogen-bond donors (Lipinski definition) is 2. The molecule has 5 heteroatoms. The molecule has 3 N–H and O–H groups in total. The van der Waals surface area contributed by atoms with E-state index < -0.39 is 0 Å². The number of rotatable bonds is 8. The van der Waals surface area contributed by atoms with E-state index in [4.69, 9.17) is 15.2 Å². The summed E-state index contributed by atoms with van der Waals surface area (Å²) in [6, 6.07) is 13.2. The molecule has 2 aromatic carbocycles. The van der Waals surface area contributed by atoms with Crippen molar-refractivity contribution in [2.75, 3.05) is 25.1 Å². The molecule has 128 valence electrons. The predicted molar refractivity (Wildman–Crippen MR) is 95.6 cm³/mol. The molecule has 0 aliphatic heterocycles. The summed E-state index contributed by atoms with van der Waals surface area (Å²) >= 11 is 0. The van der Waals surface area contributed by atoms with Gasteiger partial charge in [0, 0.05) is 12.2 Å². The highest BCUT2D eigenvalue weighted by Gasteiger charge is 2.05. The van der Waals surface area contributed by atoms with Crippen LogP contribution < -0.4 is 20.5 Å². The van der Waals surface area contributed by atoms with Gasteiger partial charge in [-0.1, -0.05) is 12.1 Å². The predicted octanol–water partition coefficient (Wildman–Crippen LogP) is 3.05. The van der Waals surface area contributed by atoms with Crippen molar-refractivity contribution in [3.8, 4) is 11.5 Å².